The molecule has 2 rings (SSSR count). The number of carbonyl (C=O) groups excluding carboxylic acids is 1. The lowest BCUT2D eigenvalue weighted by Crippen LogP contribution is -2.54. The molecular formula is C11H13NO6S3. The van der Waals surface area contributed by atoms with Gasteiger partial charge in [0.05, 0.1) is 7.11 Å². The van der Waals surface area contributed by atoms with Crippen molar-refractivity contribution in [1.29, 1.82) is 0 Å². The van der Waals surface area contributed by atoms with Gasteiger partial charge in [-0.3, -0.25) is 4.79 Å². The van der Waals surface area contributed by atoms with Crippen LogP contribution in [0.25, 0.3) is 0 Å². The van der Waals surface area contributed by atoms with Gasteiger partial charge in [0.1, 0.15) is 15.3 Å². The first-order valence-electron chi connectivity index (χ1n) is 5.83. The van der Waals surface area contributed by atoms with Gasteiger partial charge in [0.15, 0.2) is 0 Å². The minimum atomic E-state index is -4.12. The van der Waals surface area contributed by atoms with E-state index < -0.39 is 27.5 Å². The van der Waals surface area contributed by atoms with Crippen LogP contribution < -0.4 is 4.72 Å². The molecule has 0 amide bonds. The Bertz CT molecular complexity index is 659. The predicted molar refractivity (Wildman–Crippen MR) is 78.3 cm³/mol. The van der Waals surface area contributed by atoms with E-state index in [2.05, 4.69) is 9.46 Å². The number of thiophene rings is 1. The van der Waals surface area contributed by atoms with Crippen LogP contribution in [0.15, 0.2) is 16.3 Å². The largest absolute Gasteiger partial charge is 0.480 e. The molecule has 0 bridgehead atoms. The third-order valence-corrected chi connectivity index (χ3v) is 6.84. The van der Waals surface area contributed by atoms with E-state index in [0.717, 1.165) is 18.4 Å². The quantitative estimate of drug-likeness (QED) is 0.754. The lowest BCUT2D eigenvalue weighted by molar-refractivity contribution is -0.142. The number of nitrogens with one attached hydrogen (secondary N) is 1. The van der Waals surface area contributed by atoms with Crippen LogP contribution in [0.3, 0.4) is 0 Å². The van der Waals surface area contributed by atoms with Crippen molar-refractivity contribution in [3.8, 4) is 0 Å². The van der Waals surface area contributed by atoms with Gasteiger partial charge in [-0.05, 0) is 23.6 Å². The molecule has 1 aromatic rings. The van der Waals surface area contributed by atoms with Gasteiger partial charge in [-0.2, -0.15) is 16.5 Å². The second-order valence-corrected chi connectivity index (χ2v) is 8.07. The maximum absolute atomic E-state index is 12.4. The number of rotatable bonds is 5. The molecule has 1 aromatic heterocycles. The molecule has 0 saturated carbocycles. The van der Waals surface area contributed by atoms with E-state index in [1.165, 1.54) is 23.2 Å². The van der Waals surface area contributed by atoms with E-state index in [9.17, 15) is 23.1 Å². The fourth-order valence-corrected chi connectivity index (χ4v) is 6.06. The molecule has 2 N–H and O–H groups in total. The van der Waals surface area contributed by atoms with E-state index in [0.29, 0.717) is 5.75 Å². The minimum absolute atomic E-state index is 0.0730. The highest BCUT2D eigenvalue weighted by atomic mass is 32.2. The van der Waals surface area contributed by atoms with Gasteiger partial charge in [0, 0.05) is 5.75 Å². The zero-order valence-corrected chi connectivity index (χ0v) is 13.4. The Labute approximate surface area is 129 Å². The molecule has 0 aliphatic carbocycles. The zero-order chi connectivity index (χ0) is 15.7. The number of sulfonamides is 1. The van der Waals surface area contributed by atoms with E-state index in [1.54, 1.807) is 0 Å². The second-order valence-electron chi connectivity index (χ2n) is 4.40. The van der Waals surface area contributed by atoms with E-state index in [1.807, 2.05) is 0 Å². The van der Waals surface area contributed by atoms with Crippen LogP contribution in [0, 0.1) is 0 Å². The molecule has 10 heteroatoms. The highest BCUT2D eigenvalue weighted by Gasteiger charge is 2.46. The van der Waals surface area contributed by atoms with Crippen LogP contribution in [-0.2, 0) is 19.6 Å². The predicted octanol–water partition coefficient (Wildman–Crippen LogP) is 0.773. The lowest BCUT2D eigenvalue weighted by atomic mass is 10.0. The average molecular weight is 351 g/mol. The first kappa shape index (κ1) is 16.3. The van der Waals surface area contributed by atoms with Crippen molar-refractivity contribution >= 4 is 45.1 Å². The molecule has 2 heterocycles. The molecule has 21 heavy (non-hydrogen) atoms. The topological polar surface area (TPSA) is 110 Å². The maximum atomic E-state index is 12.4. The molecule has 1 aliphatic heterocycles. The number of hydrogen-bond donors (Lipinski definition) is 2. The number of hydrogen-bond acceptors (Lipinski definition) is 7. The molecule has 1 unspecified atom stereocenters. The highest BCUT2D eigenvalue weighted by Crippen LogP contribution is 2.31. The summed E-state index contributed by atoms with van der Waals surface area (Å²) in [6.45, 7) is 0. The van der Waals surface area contributed by atoms with Crippen LogP contribution in [0.2, 0.25) is 0 Å². The average Bonchev–Trinajstić information content (AvgIpc) is 3.06. The molecular weight excluding hydrogens is 338 g/mol. The Morgan fingerprint density at radius 2 is 2.19 bits per heavy atom. The molecule has 0 radical (unpaired) electrons. The minimum Gasteiger partial charge on any atom is -0.480 e. The first-order valence-corrected chi connectivity index (χ1v) is 9.35. The molecule has 1 saturated heterocycles. The number of carboxylic acids is 1. The zero-order valence-electron chi connectivity index (χ0n) is 11.0. The number of esters is 1. The summed E-state index contributed by atoms with van der Waals surface area (Å²) in [5, 5.41) is 10.8. The van der Waals surface area contributed by atoms with Gasteiger partial charge >= 0.3 is 11.9 Å². The standard InChI is InChI=1S/C11H13NO6S3/c1-18-9(13)8-7(2-4-20-8)21(16,17)12-11(10(14)15)3-5-19-6-11/h2,4,12H,3,5-6H2,1H3,(H,14,15). The summed E-state index contributed by atoms with van der Waals surface area (Å²) in [5.74, 6) is -1.27. The van der Waals surface area contributed by atoms with Gasteiger partial charge < -0.3 is 9.84 Å². The summed E-state index contributed by atoms with van der Waals surface area (Å²) in [6.07, 6.45) is 0.198. The van der Waals surface area contributed by atoms with E-state index in [4.69, 9.17) is 0 Å². The van der Waals surface area contributed by atoms with Crippen LogP contribution in [0.1, 0.15) is 16.1 Å². The second kappa shape index (κ2) is 5.95. The third kappa shape index (κ3) is 3.07. The van der Waals surface area contributed by atoms with Gasteiger partial charge in [-0.1, -0.05) is 0 Å². The SMILES string of the molecule is COC(=O)c1sccc1S(=O)(=O)NC1(C(=O)O)CCSC1. The summed E-state index contributed by atoms with van der Waals surface area (Å²) >= 11 is 2.29. The van der Waals surface area contributed by atoms with Crippen LogP contribution in [-0.4, -0.2) is 49.6 Å². The van der Waals surface area contributed by atoms with Crippen LogP contribution in [0.5, 0.6) is 0 Å². The van der Waals surface area contributed by atoms with Crippen molar-refractivity contribution in [3.05, 3.63) is 16.3 Å². The lowest BCUT2D eigenvalue weighted by Gasteiger charge is -2.24. The van der Waals surface area contributed by atoms with Gasteiger partial charge in [-0.25, -0.2) is 13.2 Å². The summed E-state index contributed by atoms with van der Waals surface area (Å²) in [7, 11) is -2.97. The summed E-state index contributed by atoms with van der Waals surface area (Å²) < 4.78 is 31.6. The van der Waals surface area contributed by atoms with E-state index >= 15 is 0 Å². The van der Waals surface area contributed by atoms with Gasteiger partial charge in [0.25, 0.3) is 0 Å². The Hall–Kier alpha value is -1.10. The van der Waals surface area contributed by atoms with E-state index in [-0.39, 0.29) is 21.9 Å². The maximum Gasteiger partial charge on any atom is 0.349 e. The molecule has 1 fully saturated rings. The van der Waals surface area contributed by atoms with Gasteiger partial charge in [-0.15, -0.1) is 11.3 Å². The van der Waals surface area contributed by atoms with Crippen molar-refractivity contribution in [1.82, 2.24) is 4.72 Å². The fourth-order valence-electron chi connectivity index (χ4n) is 1.92. The Morgan fingerprint density at radius 1 is 1.48 bits per heavy atom. The van der Waals surface area contributed by atoms with Crippen molar-refractivity contribution in [3.63, 3.8) is 0 Å². The Balaban J connectivity index is 2.37. The first-order chi connectivity index (χ1) is 9.82. The Morgan fingerprint density at radius 3 is 2.71 bits per heavy atom. The van der Waals surface area contributed by atoms with Crippen molar-refractivity contribution in [2.45, 2.75) is 16.9 Å². The monoisotopic (exact) mass is 351 g/mol. The van der Waals surface area contributed by atoms with Gasteiger partial charge in [0.2, 0.25) is 10.0 Å². The molecule has 7 nitrogen and oxygen atoms in total. The molecule has 116 valence electrons. The molecule has 1 atom stereocenters. The molecule has 0 aromatic carbocycles. The molecule has 0 spiro atoms. The smallest absolute Gasteiger partial charge is 0.349 e. The molecule has 1 aliphatic rings. The number of aliphatic carboxylic acids is 1. The van der Waals surface area contributed by atoms with Crippen molar-refractivity contribution < 1.29 is 27.9 Å². The van der Waals surface area contributed by atoms with Crippen molar-refractivity contribution in [2.24, 2.45) is 0 Å². The number of ether oxygens (including phenoxy) is 1. The van der Waals surface area contributed by atoms with Crippen LogP contribution >= 0.6 is 23.1 Å². The summed E-state index contributed by atoms with van der Waals surface area (Å²) in [5.41, 5.74) is -1.53. The summed E-state index contributed by atoms with van der Waals surface area (Å²) in [6, 6.07) is 1.26. The highest BCUT2D eigenvalue weighted by molar-refractivity contribution is 7.99. The number of thioether (sulfide) groups is 1. The third-order valence-electron chi connectivity index (χ3n) is 3.05. The fraction of sp³-hybridized carbons (Fsp3) is 0.455. The normalized spacial score (nSPS) is 22.1. The number of methoxy groups -OCH3 is 1. The van der Waals surface area contributed by atoms with Crippen molar-refractivity contribution in [2.75, 3.05) is 18.6 Å². The number of carbonyl (C=O) groups is 2. The number of carboxylic acid groups (broad SMARTS) is 1. The Kier molecular flexibility index (Phi) is 4.61. The summed E-state index contributed by atoms with van der Waals surface area (Å²) in [4.78, 5) is 22.7. The van der Waals surface area contributed by atoms with Crippen LogP contribution in [0.4, 0.5) is 0 Å².